The Morgan fingerprint density at radius 3 is 2.61 bits per heavy atom. The lowest BCUT2D eigenvalue weighted by atomic mass is 10.2. The van der Waals surface area contributed by atoms with Crippen LogP contribution in [0, 0.1) is 0 Å². The molecule has 2 aromatic carbocycles. The maximum atomic E-state index is 12.3. The second-order valence-electron chi connectivity index (χ2n) is 6.58. The van der Waals surface area contributed by atoms with Gasteiger partial charge in [0.2, 0.25) is 5.91 Å². The SMILES string of the molecule is CCCOc1ccc(C=CC(=O)Nc2nc(-c3ccc(OCC)cc3)cs2)cc1OC. The van der Waals surface area contributed by atoms with Crippen molar-refractivity contribution in [2.75, 3.05) is 25.6 Å². The molecule has 0 radical (unpaired) electrons. The first-order valence-corrected chi connectivity index (χ1v) is 11.0. The van der Waals surface area contributed by atoms with E-state index in [9.17, 15) is 4.79 Å². The van der Waals surface area contributed by atoms with Gasteiger partial charge in [0.05, 0.1) is 26.0 Å². The molecular weight excluding hydrogens is 412 g/mol. The van der Waals surface area contributed by atoms with Gasteiger partial charge < -0.3 is 14.2 Å². The van der Waals surface area contributed by atoms with Crippen molar-refractivity contribution in [2.45, 2.75) is 20.3 Å². The second kappa shape index (κ2) is 11.2. The molecule has 31 heavy (non-hydrogen) atoms. The van der Waals surface area contributed by atoms with Gasteiger partial charge >= 0.3 is 0 Å². The number of anilines is 1. The summed E-state index contributed by atoms with van der Waals surface area (Å²) < 4.78 is 16.5. The highest BCUT2D eigenvalue weighted by atomic mass is 32.1. The van der Waals surface area contributed by atoms with Crippen LogP contribution >= 0.6 is 11.3 Å². The summed E-state index contributed by atoms with van der Waals surface area (Å²) in [6.45, 7) is 5.25. The molecule has 0 spiro atoms. The summed E-state index contributed by atoms with van der Waals surface area (Å²) in [5.41, 5.74) is 2.61. The molecule has 0 bridgehead atoms. The predicted molar refractivity (Wildman–Crippen MR) is 125 cm³/mol. The first kappa shape index (κ1) is 22.4. The first-order chi connectivity index (χ1) is 15.1. The number of hydrogen-bond donors (Lipinski definition) is 1. The van der Waals surface area contributed by atoms with Crippen LogP contribution in [-0.4, -0.2) is 31.2 Å². The molecule has 1 heterocycles. The Hall–Kier alpha value is -3.32. The third-order valence-electron chi connectivity index (χ3n) is 4.27. The molecule has 0 fully saturated rings. The number of rotatable bonds is 10. The van der Waals surface area contributed by atoms with Crippen LogP contribution in [0.4, 0.5) is 5.13 Å². The number of aromatic nitrogens is 1. The van der Waals surface area contributed by atoms with Crippen LogP contribution in [0.1, 0.15) is 25.8 Å². The molecule has 0 saturated heterocycles. The van der Waals surface area contributed by atoms with E-state index in [4.69, 9.17) is 14.2 Å². The van der Waals surface area contributed by atoms with Crippen molar-refractivity contribution in [1.29, 1.82) is 0 Å². The van der Waals surface area contributed by atoms with E-state index in [0.29, 0.717) is 29.8 Å². The van der Waals surface area contributed by atoms with E-state index < -0.39 is 0 Å². The molecule has 0 atom stereocenters. The molecule has 0 aliphatic rings. The zero-order valence-electron chi connectivity index (χ0n) is 17.9. The molecule has 1 amide bonds. The Balaban J connectivity index is 1.61. The summed E-state index contributed by atoms with van der Waals surface area (Å²) in [5, 5.41) is 5.26. The van der Waals surface area contributed by atoms with E-state index in [1.54, 1.807) is 13.2 Å². The van der Waals surface area contributed by atoms with E-state index >= 15 is 0 Å². The molecule has 7 heteroatoms. The Morgan fingerprint density at radius 2 is 1.90 bits per heavy atom. The fourth-order valence-electron chi connectivity index (χ4n) is 2.79. The number of nitrogens with one attached hydrogen (secondary N) is 1. The summed E-state index contributed by atoms with van der Waals surface area (Å²) in [7, 11) is 1.60. The fourth-order valence-corrected chi connectivity index (χ4v) is 3.51. The highest BCUT2D eigenvalue weighted by Crippen LogP contribution is 2.29. The highest BCUT2D eigenvalue weighted by Gasteiger charge is 2.08. The Morgan fingerprint density at radius 1 is 1.10 bits per heavy atom. The molecule has 162 valence electrons. The fraction of sp³-hybridized carbons (Fsp3) is 0.250. The van der Waals surface area contributed by atoms with Crippen LogP contribution in [0.15, 0.2) is 53.9 Å². The van der Waals surface area contributed by atoms with E-state index in [1.165, 1.54) is 17.4 Å². The number of ether oxygens (including phenoxy) is 3. The largest absolute Gasteiger partial charge is 0.494 e. The van der Waals surface area contributed by atoms with Crippen molar-refractivity contribution < 1.29 is 19.0 Å². The van der Waals surface area contributed by atoms with Gasteiger partial charge in [0.15, 0.2) is 16.6 Å². The minimum absolute atomic E-state index is 0.252. The van der Waals surface area contributed by atoms with Crippen LogP contribution in [0.3, 0.4) is 0 Å². The molecule has 3 rings (SSSR count). The number of benzene rings is 2. The summed E-state index contributed by atoms with van der Waals surface area (Å²) in [5.74, 6) is 1.89. The van der Waals surface area contributed by atoms with Gasteiger partial charge in [-0.1, -0.05) is 13.0 Å². The predicted octanol–water partition coefficient (Wildman–Crippen LogP) is 5.66. The van der Waals surface area contributed by atoms with Crippen LogP contribution in [-0.2, 0) is 4.79 Å². The summed E-state index contributed by atoms with van der Waals surface area (Å²) in [6.07, 6.45) is 4.11. The third kappa shape index (κ3) is 6.33. The van der Waals surface area contributed by atoms with Crippen LogP contribution in [0.25, 0.3) is 17.3 Å². The lowest BCUT2D eigenvalue weighted by Crippen LogP contribution is -2.07. The zero-order valence-corrected chi connectivity index (χ0v) is 18.7. The van der Waals surface area contributed by atoms with Crippen molar-refractivity contribution in [3.05, 3.63) is 59.5 Å². The van der Waals surface area contributed by atoms with Gasteiger partial charge in [-0.3, -0.25) is 10.1 Å². The van der Waals surface area contributed by atoms with E-state index in [0.717, 1.165) is 29.0 Å². The van der Waals surface area contributed by atoms with Gasteiger partial charge in [-0.05, 0) is 61.4 Å². The number of carbonyl (C=O) groups is 1. The van der Waals surface area contributed by atoms with Crippen molar-refractivity contribution in [3.8, 4) is 28.5 Å². The molecule has 1 aromatic heterocycles. The molecule has 3 aromatic rings. The maximum absolute atomic E-state index is 12.3. The number of methoxy groups -OCH3 is 1. The standard InChI is InChI=1S/C24H26N2O4S/c1-4-14-30-21-12-6-17(15-22(21)28-3)7-13-23(27)26-24-25-20(16-31-24)18-8-10-19(11-9-18)29-5-2/h6-13,15-16H,4-5,14H2,1-3H3,(H,25,26,27). The smallest absolute Gasteiger partial charge is 0.250 e. The second-order valence-corrected chi connectivity index (χ2v) is 7.43. The van der Waals surface area contributed by atoms with Gasteiger partial charge in [0.25, 0.3) is 0 Å². The number of thiazole rings is 1. The minimum atomic E-state index is -0.252. The monoisotopic (exact) mass is 438 g/mol. The average Bonchev–Trinajstić information content (AvgIpc) is 3.25. The highest BCUT2D eigenvalue weighted by molar-refractivity contribution is 7.14. The Labute approximate surface area is 186 Å². The van der Waals surface area contributed by atoms with Gasteiger partial charge in [0.1, 0.15) is 5.75 Å². The van der Waals surface area contributed by atoms with E-state index in [1.807, 2.05) is 61.7 Å². The lowest BCUT2D eigenvalue weighted by Gasteiger charge is -2.10. The molecule has 6 nitrogen and oxygen atoms in total. The molecule has 0 unspecified atom stereocenters. The Bertz CT molecular complexity index is 1030. The number of hydrogen-bond acceptors (Lipinski definition) is 6. The zero-order chi connectivity index (χ0) is 22.1. The summed E-state index contributed by atoms with van der Waals surface area (Å²) >= 11 is 1.38. The number of nitrogens with zero attached hydrogens (tertiary/aromatic N) is 1. The van der Waals surface area contributed by atoms with Crippen LogP contribution in [0.2, 0.25) is 0 Å². The summed E-state index contributed by atoms with van der Waals surface area (Å²) in [6, 6.07) is 13.3. The van der Waals surface area contributed by atoms with Crippen LogP contribution < -0.4 is 19.5 Å². The molecular formula is C24H26N2O4S. The third-order valence-corrected chi connectivity index (χ3v) is 5.03. The van der Waals surface area contributed by atoms with Crippen LogP contribution in [0.5, 0.6) is 17.2 Å². The normalized spacial score (nSPS) is 10.8. The van der Waals surface area contributed by atoms with E-state index in [-0.39, 0.29) is 5.91 Å². The van der Waals surface area contributed by atoms with Crippen molar-refractivity contribution in [2.24, 2.45) is 0 Å². The van der Waals surface area contributed by atoms with Crippen molar-refractivity contribution in [3.63, 3.8) is 0 Å². The van der Waals surface area contributed by atoms with Crippen molar-refractivity contribution >= 4 is 28.5 Å². The van der Waals surface area contributed by atoms with E-state index in [2.05, 4.69) is 10.3 Å². The minimum Gasteiger partial charge on any atom is -0.494 e. The molecule has 1 N–H and O–H groups in total. The van der Waals surface area contributed by atoms with Crippen molar-refractivity contribution in [1.82, 2.24) is 4.98 Å². The first-order valence-electron chi connectivity index (χ1n) is 10.1. The Kier molecular flexibility index (Phi) is 8.06. The number of carbonyl (C=O) groups excluding carboxylic acids is 1. The van der Waals surface area contributed by atoms with Gasteiger partial charge in [0, 0.05) is 17.0 Å². The molecule has 0 aliphatic heterocycles. The maximum Gasteiger partial charge on any atom is 0.250 e. The number of amides is 1. The van der Waals surface area contributed by atoms with Gasteiger partial charge in [-0.15, -0.1) is 11.3 Å². The van der Waals surface area contributed by atoms with Gasteiger partial charge in [-0.2, -0.15) is 0 Å². The molecule has 0 aliphatic carbocycles. The summed E-state index contributed by atoms with van der Waals surface area (Å²) in [4.78, 5) is 16.8. The quantitative estimate of drug-likeness (QED) is 0.414. The average molecular weight is 439 g/mol. The van der Waals surface area contributed by atoms with Gasteiger partial charge in [-0.25, -0.2) is 4.98 Å². The lowest BCUT2D eigenvalue weighted by molar-refractivity contribution is -0.111. The molecule has 0 saturated carbocycles. The topological polar surface area (TPSA) is 69.7 Å².